The van der Waals surface area contributed by atoms with Gasteiger partial charge < -0.3 is 24.8 Å². The van der Waals surface area contributed by atoms with Crippen LogP contribution >= 0.6 is 0 Å². The Kier molecular flexibility index (Phi) is 7.79. The average molecular weight is 371 g/mol. The maximum atomic E-state index is 5.34. The lowest BCUT2D eigenvalue weighted by molar-refractivity contribution is 0.355. The molecule has 0 aromatic heterocycles. The lowest BCUT2D eigenvalue weighted by Gasteiger charge is -2.16. The molecule has 0 heterocycles. The van der Waals surface area contributed by atoms with Crippen LogP contribution in [-0.4, -0.2) is 40.9 Å². The first-order valence-corrected chi connectivity index (χ1v) is 8.95. The molecule has 0 aliphatic carbocycles. The van der Waals surface area contributed by atoms with Crippen molar-refractivity contribution in [1.82, 2.24) is 5.32 Å². The number of anilines is 1. The number of aliphatic imine (C=N–C) groups is 1. The molecular formula is C21H29N3O3. The summed E-state index contributed by atoms with van der Waals surface area (Å²) in [7, 11) is 6.67. The number of rotatable bonds is 8. The summed E-state index contributed by atoms with van der Waals surface area (Å²) in [6.07, 6.45) is 0.985. The van der Waals surface area contributed by atoms with Crippen molar-refractivity contribution in [1.29, 1.82) is 0 Å². The van der Waals surface area contributed by atoms with Gasteiger partial charge in [-0.2, -0.15) is 0 Å². The predicted molar refractivity (Wildman–Crippen MR) is 111 cm³/mol. The minimum Gasteiger partial charge on any atom is -0.497 e. The molecule has 0 aliphatic rings. The van der Waals surface area contributed by atoms with Gasteiger partial charge in [-0.05, 0) is 42.2 Å². The van der Waals surface area contributed by atoms with Crippen LogP contribution in [0.4, 0.5) is 5.69 Å². The number of hydrogen-bond donors (Lipinski definition) is 2. The second-order valence-corrected chi connectivity index (χ2v) is 6.16. The number of nitrogens with zero attached hydrogens (tertiary/aromatic N) is 1. The molecule has 0 radical (unpaired) electrons. The van der Waals surface area contributed by atoms with E-state index in [-0.39, 0.29) is 0 Å². The number of methoxy groups -OCH3 is 3. The zero-order chi connectivity index (χ0) is 19.6. The van der Waals surface area contributed by atoms with Crippen LogP contribution in [0.5, 0.6) is 17.2 Å². The van der Waals surface area contributed by atoms with E-state index in [4.69, 9.17) is 14.2 Å². The van der Waals surface area contributed by atoms with E-state index in [1.807, 2.05) is 30.3 Å². The number of guanidine groups is 1. The molecular weight excluding hydrogens is 342 g/mol. The molecule has 6 nitrogen and oxygen atoms in total. The fraction of sp³-hybridized carbons (Fsp3) is 0.381. The standard InChI is InChI=1S/C21H29N3O3/c1-15(16-6-9-18(25-3)10-7-16)12-13-23-21(22-2)24-17-8-11-19(26-4)20(14-17)27-5/h6-11,14-15H,12-13H2,1-5H3,(H2,22,23,24). The first-order chi connectivity index (χ1) is 13.1. The summed E-state index contributed by atoms with van der Waals surface area (Å²) in [5.41, 5.74) is 2.17. The van der Waals surface area contributed by atoms with Gasteiger partial charge in [-0.15, -0.1) is 0 Å². The van der Waals surface area contributed by atoms with Gasteiger partial charge in [0, 0.05) is 25.3 Å². The monoisotopic (exact) mass is 371 g/mol. The average Bonchev–Trinajstić information content (AvgIpc) is 2.72. The molecule has 1 atom stereocenters. The van der Waals surface area contributed by atoms with E-state index in [9.17, 15) is 0 Å². The van der Waals surface area contributed by atoms with Crippen LogP contribution in [0.3, 0.4) is 0 Å². The highest BCUT2D eigenvalue weighted by Crippen LogP contribution is 2.29. The number of nitrogens with one attached hydrogen (secondary N) is 2. The SMILES string of the molecule is CN=C(NCCC(C)c1ccc(OC)cc1)Nc1ccc(OC)c(OC)c1. The normalized spacial score (nSPS) is 12.3. The van der Waals surface area contributed by atoms with E-state index in [1.165, 1.54) is 5.56 Å². The summed E-state index contributed by atoms with van der Waals surface area (Å²) >= 11 is 0. The summed E-state index contributed by atoms with van der Waals surface area (Å²) in [6.45, 7) is 3.02. The predicted octanol–water partition coefficient (Wildman–Crippen LogP) is 3.89. The van der Waals surface area contributed by atoms with Crippen molar-refractivity contribution >= 4 is 11.6 Å². The van der Waals surface area contributed by atoms with Crippen LogP contribution < -0.4 is 24.8 Å². The van der Waals surface area contributed by atoms with Gasteiger partial charge in [0.2, 0.25) is 0 Å². The number of ether oxygens (including phenoxy) is 3. The van der Waals surface area contributed by atoms with E-state index >= 15 is 0 Å². The fourth-order valence-electron chi connectivity index (χ4n) is 2.74. The highest BCUT2D eigenvalue weighted by molar-refractivity contribution is 5.93. The lowest BCUT2D eigenvalue weighted by Crippen LogP contribution is -2.32. The van der Waals surface area contributed by atoms with Crippen molar-refractivity contribution in [2.24, 2.45) is 4.99 Å². The van der Waals surface area contributed by atoms with Crippen molar-refractivity contribution in [3.05, 3.63) is 48.0 Å². The van der Waals surface area contributed by atoms with Gasteiger partial charge in [0.1, 0.15) is 5.75 Å². The third-order valence-corrected chi connectivity index (χ3v) is 4.42. The smallest absolute Gasteiger partial charge is 0.195 e. The Labute approximate surface area is 161 Å². The molecule has 2 rings (SSSR count). The van der Waals surface area contributed by atoms with E-state index in [0.717, 1.165) is 24.4 Å². The van der Waals surface area contributed by atoms with E-state index in [0.29, 0.717) is 23.4 Å². The number of benzene rings is 2. The summed E-state index contributed by atoms with van der Waals surface area (Å²) in [4.78, 5) is 4.28. The van der Waals surface area contributed by atoms with E-state index in [2.05, 4.69) is 34.7 Å². The summed E-state index contributed by atoms with van der Waals surface area (Å²) in [5, 5.41) is 6.62. The minimum absolute atomic E-state index is 0.433. The molecule has 0 saturated carbocycles. The van der Waals surface area contributed by atoms with Gasteiger partial charge in [0.15, 0.2) is 17.5 Å². The molecule has 2 aromatic carbocycles. The van der Waals surface area contributed by atoms with Crippen LogP contribution in [0.25, 0.3) is 0 Å². The van der Waals surface area contributed by atoms with Crippen LogP contribution in [0, 0.1) is 0 Å². The van der Waals surface area contributed by atoms with Crippen molar-refractivity contribution < 1.29 is 14.2 Å². The molecule has 1 unspecified atom stereocenters. The van der Waals surface area contributed by atoms with Crippen LogP contribution in [-0.2, 0) is 0 Å². The fourth-order valence-corrected chi connectivity index (χ4v) is 2.74. The molecule has 146 valence electrons. The molecule has 27 heavy (non-hydrogen) atoms. The van der Waals surface area contributed by atoms with E-state index in [1.54, 1.807) is 28.4 Å². The molecule has 6 heteroatoms. The molecule has 0 saturated heterocycles. The van der Waals surface area contributed by atoms with Crippen molar-refractivity contribution in [3.63, 3.8) is 0 Å². The van der Waals surface area contributed by atoms with Gasteiger partial charge in [-0.1, -0.05) is 19.1 Å². The van der Waals surface area contributed by atoms with Crippen LogP contribution in [0.15, 0.2) is 47.5 Å². The Hall–Kier alpha value is -2.89. The third-order valence-electron chi connectivity index (χ3n) is 4.42. The summed E-state index contributed by atoms with van der Waals surface area (Å²) in [5.74, 6) is 3.39. The minimum atomic E-state index is 0.433. The van der Waals surface area contributed by atoms with Gasteiger partial charge in [-0.25, -0.2) is 0 Å². The Morgan fingerprint density at radius 1 is 0.963 bits per heavy atom. The summed E-state index contributed by atoms with van der Waals surface area (Å²) in [6, 6.07) is 13.9. The third kappa shape index (κ3) is 5.81. The molecule has 0 aliphatic heterocycles. The largest absolute Gasteiger partial charge is 0.497 e. The maximum absolute atomic E-state index is 5.34. The molecule has 0 amide bonds. The Balaban J connectivity index is 1.88. The maximum Gasteiger partial charge on any atom is 0.195 e. The molecule has 2 aromatic rings. The number of hydrogen-bond acceptors (Lipinski definition) is 4. The highest BCUT2D eigenvalue weighted by atomic mass is 16.5. The van der Waals surface area contributed by atoms with Gasteiger partial charge in [-0.3, -0.25) is 4.99 Å². The van der Waals surface area contributed by atoms with Crippen molar-refractivity contribution in [3.8, 4) is 17.2 Å². The quantitative estimate of drug-likeness (QED) is 0.544. The van der Waals surface area contributed by atoms with Crippen molar-refractivity contribution in [2.45, 2.75) is 19.3 Å². The lowest BCUT2D eigenvalue weighted by atomic mass is 9.98. The molecule has 0 spiro atoms. The highest BCUT2D eigenvalue weighted by Gasteiger charge is 2.08. The van der Waals surface area contributed by atoms with E-state index < -0.39 is 0 Å². The second-order valence-electron chi connectivity index (χ2n) is 6.16. The Bertz CT molecular complexity index is 745. The van der Waals surface area contributed by atoms with Crippen LogP contribution in [0.2, 0.25) is 0 Å². The van der Waals surface area contributed by atoms with Gasteiger partial charge >= 0.3 is 0 Å². The zero-order valence-electron chi connectivity index (χ0n) is 16.7. The first-order valence-electron chi connectivity index (χ1n) is 8.95. The molecule has 2 N–H and O–H groups in total. The molecule has 0 fully saturated rings. The first kappa shape index (κ1) is 20.4. The Morgan fingerprint density at radius 3 is 2.26 bits per heavy atom. The molecule has 0 bridgehead atoms. The van der Waals surface area contributed by atoms with Gasteiger partial charge in [0.05, 0.1) is 21.3 Å². The summed E-state index contributed by atoms with van der Waals surface area (Å²) < 4.78 is 15.8. The Morgan fingerprint density at radius 2 is 1.67 bits per heavy atom. The topological polar surface area (TPSA) is 64.1 Å². The zero-order valence-corrected chi connectivity index (χ0v) is 16.7. The van der Waals surface area contributed by atoms with Crippen molar-refractivity contribution in [2.75, 3.05) is 40.2 Å². The second kappa shape index (κ2) is 10.3. The van der Waals surface area contributed by atoms with Gasteiger partial charge in [0.25, 0.3) is 0 Å². The van der Waals surface area contributed by atoms with Crippen LogP contribution in [0.1, 0.15) is 24.8 Å².